The SMILES string of the molecule is COCC(=O)N(Cc1ccccc1Cl)C[C@H]1CC(c2ccc(OC)cc2)=NO1. The molecule has 1 aliphatic heterocycles. The average molecular weight is 403 g/mol. The van der Waals surface area contributed by atoms with Crippen molar-refractivity contribution in [2.24, 2.45) is 5.16 Å². The molecule has 28 heavy (non-hydrogen) atoms. The maximum absolute atomic E-state index is 12.5. The highest BCUT2D eigenvalue weighted by molar-refractivity contribution is 6.31. The third-order valence-corrected chi connectivity index (χ3v) is 4.89. The first-order valence-electron chi connectivity index (χ1n) is 8.98. The highest BCUT2D eigenvalue weighted by atomic mass is 35.5. The van der Waals surface area contributed by atoms with Gasteiger partial charge in [0.1, 0.15) is 12.4 Å². The van der Waals surface area contributed by atoms with Crippen molar-refractivity contribution in [3.05, 3.63) is 64.7 Å². The predicted molar refractivity (Wildman–Crippen MR) is 108 cm³/mol. The molecular weight excluding hydrogens is 380 g/mol. The van der Waals surface area contributed by atoms with Crippen molar-refractivity contribution in [2.45, 2.75) is 19.1 Å². The van der Waals surface area contributed by atoms with Crippen LogP contribution in [0.3, 0.4) is 0 Å². The van der Waals surface area contributed by atoms with Crippen LogP contribution in [0.15, 0.2) is 53.7 Å². The number of hydrogen-bond acceptors (Lipinski definition) is 5. The highest BCUT2D eigenvalue weighted by Crippen LogP contribution is 2.22. The summed E-state index contributed by atoms with van der Waals surface area (Å²) in [5.74, 6) is 0.666. The Morgan fingerprint density at radius 3 is 2.64 bits per heavy atom. The summed E-state index contributed by atoms with van der Waals surface area (Å²) in [6.07, 6.45) is 0.395. The van der Waals surface area contributed by atoms with Crippen molar-refractivity contribution in [2.75, 3.05) is 27.4 Å². The molecule has 7 heteroatoms. The molecule has 1 amide bonds. The van der Waals surface area contributed by atoms with E-state index in [9.17, 15) is 4.79 Å². The maximum atomic E-state index is 12.5. The van der Waals surface area contributed by atoms with Gasteiger partial charge in [-0.05, 0) is 41.5 Å². The molecule has 3 rings (SSSR count). The number of nitrogens with zero attached hydrogens (tertiary/aromatic N) is 2. The Balaban J connectivity index is 1.66. The standard InChI is InChI=1S/C21H23ClN2O4/c1-26-14-21(25)24(12-16-5-3-4-6-19(16)22)13-18-11-20(23-28-18)15-7-9-17(27-2)10-8-15/h3-10,18H,11-14H2,1-2H3/t18-/m1/s1. The molecule has 0 spiro atoms. The molecule has 0 aliphatic carbocycles. The van der Waals surface area contributed by atoms with Crippen LogP contribution in [0.25, 0.3) is 0 Å². The second-order valence-corrected chi connectivity index (χ2v) is 6.90. The largest absolute Gasteiger partial charge is 0.497 e. The zero-order valence-corrected chi connectivity index (χ0v) is 16.7. The van der Waals surface area contributed by atoms with E-state index in [4.69, 9.17) is 25.9 Å². The van der Waals surface area contributed by atoms with Gasteiger partial charge in [0.15, 0.2) is 6.10 Å². The van der Waals surface area contributed by atoms with Crippen molar-refractivity contribution < 1.29 is 19.1 Å². The quantitative estimate of drug-likeness (QED) is 0.677. The Labute approximate surface area is 169 Å². The van der Waals surface area contributed by atoms with Gasteiger partial charge in [-0.25, -0.2) is 0 Å². The third kappa shape index (κ3) is 5.03. The van der Waals surface area contributed by atoms with Crippen molar-refractivity contribution in [1.82, 2.24) is 4.90 Å². The summed E-state index contributed by atoms with van der Waals surface area (Å²) in [5.41, 5.74) is 2.71. The van der Waals surface area contributed by atoms with Gasteiger partial charge in [0.05, 0.1) is 19.4 Å². The molecule has 0 bridgehead atoms. The Bertz CT molecular complexity index is 839. The zero-order chi connectivity index (χ0) is 19.9. The lowest BCUT2D eigenvalue weighted by Gasteiger charge is -2.25. The molecule has 0 unspecified atom stereocenters. The summed E-state index contributed by atoms with van der Waals surface area (Å²) in [6, 6.07) is 15.1. The molecule has 6 nitrogen and oxygen atoms in total. The number of amides is 1. The van der Waals surface area contributed by atoms with Gasteiger partial charge < -0.3 is 19.2 Å². The van der Waals surface area contributed by atoms with E-state index in [1.54, 1.807) is 12.0 Å². The van der Waals surface area contributed by atoms with Crippen molar-refractivity contribution in [3.63, 3.8) is 0 Å². The molecule has 1 atom stereocenters. The van der Waals surface area contributed by atoms with Gasteiger partial charge in [-0.15, -0.1) is 0 Å². The molecule has 1 aliphatic rings. The average Bonchev–Trinajstić information content (AvgIpc) is 3.18. The van der Waals surface area contributed by atoms with Gasteiger partial charge in [-0.2, -0.15) is 0 Å². The number of hydrogen-bond donors (Lipinski definition) is 0. The lowest BCUT2D eigenvalue weighted by Crippen LogP contribution is -2.39. The number of carbonyl (C=O) groups excluding carboxylic acids is 1. The number of halogens is 1. The first-order valence-corrected chi connectivity index (χ1v) is 9.35. The molecule has 0 N–H and O–H groups in total. The smallest absolute Gasteiger partial charge is 0.248 e. The van der Waals surface area contributed by atoms with Crippen molar-refractivity contribution >= 4 is 23.2 Å². The first kappa shape index (κ1) is 20.2. The molecule has 148 valence electrons. The van der Waals surface area contributed by atoms with Crippen LogP contribution >= 0.6 is 11.6 Å². The minimum atomic E-state index is -0.222. The van der Waals surface area contributed by atoms with E-state index in [1.165, 1.54) is 7.11 Å². The number of methoxy groups -OCH3 is 2. The van der Waals surface area contributed by atoms with E-state index >= 15 is 0 Å². The van der Waals surface area contributed by atoms with Crippen LogP contribution in [0.4, 0.5) is 0 Å². The Morgan fingerprint density at radius 1 is 1.21 bits per heavy atom. The van der Waals surface area contributed by atoms with Gasteiger partial charge in [0.25, 0.3) is 0 Å². The molecular formula is C21H23ClN2O4. The van der Waals surface area contributed by atoms with Crippen LogP contribution in [-0.4, -0.2) is 50.0 Å². The Morgan fingerprint density at radius 2 is 1.96 bits per heavy atom. The van der Waals surface area contributed by atoms with E-state index < -0.39 is 0 Å². The van der Waals surface area contributed by atoms with Crippen LogP contribution in [0.5, 0.6) is 5.75 Å². The first-order chi connectivity index (χ1) is 13.6. The minimum Gasteiger partial charge on any atom is -0.497 e. The van der Waals surface area contributed by atoms with E-state index in [1.807, 2.05) is 48.5 Å². The van der Waals surface area contributed by atoms with Crippen molar-refractivity contribution in [3.8, 4) is 5.75 Å². The molecule has 0 saturated carbocycles. The molecule has 0 fully saturated rings. The Hall–Kier alpha value is -2.57. The lowest BCUT2D eigenvalue weighted by atomic mass is 10.0. The van der Waals surface area contributed by atoms with E-state index in [0.717, 1.165) is 22.6 Å². The van der Waals surface area contributed by atoms with Crippen LogP contribution < -0.4 is 4.74 Å². The third-order valence-electron chi connectivity index (χ3n) is 4.52. The molecule has 2 aromatic rings. The second-order valence-electron chi connectivity index (χ2n) is 6.50. The fraction of sp³-hybridized carbons (Fsp3) is 0.333. The normalized spacial score (nSPS) is 15.7. The lowest BCUT2D eigenvalue weighted by molar-refractivity contribution is -0.137. The molecule has 0 aromatic heterocycles. The summed E-state index contributed by atoms with van der Waals surface area (Å²) in [4.78, 5) is 19.8. The van der Waals surface area contributed by atoms with E-state index in [0.29, 0.717) is 24.5 Å². The number of benzene rings is 2. The summed E-state index contributed by atoms with van der Waals surface area (Å²) in [6.45, 7) is 0.791. The summed E-state index contributed by atoms with van der Waals surface area (Å²) in [7, 11) is 3.13. The highest BCUT2D eigenvalue weighted by Gasteiger charge is 2.27. The number of rotatable bonds is 8. The topological polar surface area (TPSA) is 60.4 Å². The number of ether oxygens (including phenoxy) is 2. The monoisotopic (exact) mass is 402 g/mol. The summed E-state index contributed by atoms with van der Waals surface area (Å²) >= 11 is 6.26. The molecule has 0 saturated heterocycles. The van der Waals surface area contributed by atoms with E-state index in [-0.39, 0.29) is 18.6 Å². The molecule has 1 heterocycles. The second kappa shape index (κ2) is 9.57. The van der Waals surface area contributed by atoms with Gasteiger partial charge >= 0.3 is 0 Å². The van der Waals surface area contributed by atoms with Crippen molar-refractivity contribution in [1.29, 1.82) is 0 Å². The molecule has 0 radical (unpaired) electrons. The zero-order valence-electron chi connectivity index (χ0n) is 15.9. The van der Waals surface area contributed by atoms with Crippen LogP contribution in [0.2, 0.25) is 5.02 Å². The van der Waals surface area contributed by atoms with Gasteiger partial charge in [-0.3, -0.25) is 4.79 Å². The van der Waals surface area contributed by atoms with Gasteiger partial charge in [0, 0.05) is 25.1 Å². The van der Waals surface area contributed by atoms with Crippen LogP contribution in [0.1, 0.15) is 17.5 Å². The van der Waals surface area contributed by atoms with Gasteiger partial charge in [-0.1, -0.05) is 35.0 Å². The summed E-state index contributed by atoms with van der Waals surface area (Å²) < 4.78 is 10.2. The van der Waals surface area contributed by atoms with Crippen LogP contribution in [0, 0.1) is 0 Å². The predicted octanol–water partition coefficient (Wildman–Crippen LogP) is 3.52. The number of carbonyl (C=O) groups is 1. The fourth-order valence-corrected chi connectivity index (χ4v) is 3.22. The minimum absolute atomic E-state index is 0.00334. The van der Waals surface area contributed by atoms with E-state index in [2.05, 4.69) is 5.16 Å². The maximum Gasteiger partial charge on any atom is 0.248 e. The Kier molecular flexibility index (Phi) is 6.90. The molecule has 2 aromatic carbocycles. The fourth-order valence-electron chi connectivity index (χ4n) is 3.03. The van der Waals surface area contributed by atoms with Gasteiger partial charge in [0.2, 0.25) is 5.91 Å². The summed E-state index contributed by atoms with van der Waals surface area (Å²) in [5, 5.41) is 4.83. The van der Waals surface area contributed by atoms with Crippen LogP contribution in [-0.2, 0) is 20.9 Å². The number of oxime groups is 1.